The highest BCUT2D eigenvalue weighted by atomic mass is 35.5. The quantitative estimate of drug-likeness (QED) is 0.818. The van der Waals surface area contributed by atoms with E-state index in [-0.39, 0.29) is 11.9 Å². The van der Waals surface area contributed by atoms with Gasteiger partial charge >= 0.3 is 0 Å². The van der Waals surface area contributed by atoms with Crippen LogP contribution in [0.3, 0.4) is 0 Å². The lowest BCUT2D eigenvalue weighted by atomic mass is 10.2. The summed E-state index contributed by atoms with van der Waals surface area (Å²) in [7, 11) is 0. The van der Waals surface area contributed by atoms with Crippen LogP contribution in [0.25, 0.3) is 6.08 Å². The number of amides is 1. The zero-order valence-electron chi connectivity index (χ0n) is 13.2. The van der Waals surface area contributed by atoms with E-state index in [4.69, 9.17) is 11.6 Å². The summed E-state index contributed by atoms with van der Waals surface area (Å²) in [4.78, 5) is 11.9. The lowest BCUT2D eigenvalue weighted by Crippen LogP contribution is -2.32. The predicted molar refractivity (Wildman–Crippen MR) is 86.2 cm³/mol. The van der Waals surface area contributed by atoms with E-state index >= 15 is 0 Å². The summed E-state index contributed by atoms with van der Waals surface area (Å²) in [5, 5.41) is 8.02. The third-order valence-electron chi connectivity index (χ3n) is 3.75. The number of aryl methyl sites for hydroxylation is 1. The molecule has 0 spiro atoms. The van der Waals surface area contributed by atoms with E-state index in [1.165, 1.54) is 12.8 Å². The third kappa shape index (κ3) is 4.34. The van der Waals surface area contributed by atoms with Crippen LogP contribution >= 0.6 is 11.6 Å². The molecule has 0 aromatic carbocycles. The van der Waals surface area contributed by atoms with Crippen LogP contribution in [0.2, 0.25) is 5.15 Å². The maximum absolute atomic E-state index is 11.9. The fourth-order valence-corrected chi connectivity index (χ4v) is 2.68. The van der Waals surface area contributed by atoms with Gasteiger partial charge in [0.25, 0.3) is 0 Å². The van der Waals surface area contributed by atoms with E-state index in [1.807, 2.05) is 6.92 Å². The number of carbonyl (C=O) groups excluding carboxylic acids is 1. The van der Waals surface area contributed by atoms with Crippen LogP contribution in [0.1, 0.15) is 44.9 Å². The minimum absolute atomic E-state index is 0.0681. The molecule has 1 unspecified atom stereocenters. The number of nitrogens with one attached hydrogen (secondary N) is 1. The van der Waals surface area contributed by atoms with Crippen LogP contribution in [0.15, 0.2) is 6.08 Å². The Morgan fingerprint density at radius 1 is 1.48 bits per heavy atom. The minimum Gasteiger partial charge on any atom is -0.350 e. The van der Waals surface area contributed by atoms with Gasteiger partial charge in [0.05, 0.1) is 5.69 Å². The first-order valence-corrected chi connectivity index (χ1v) is 7.97. The Bertz CT molecular complexity index is 544. The monoisotopic (exact) mass is 309 g/mol. The fraction of sp³-hybridized carbons (Fsp3) is 0.625. The predicted octanol–water partition coefficient (Wildman–Crippen LogP) is 3.43. The summed E-state index contributed by atoms with van der Waals surface area (Å²) in [6.07, 6.45) is 5.75. The van der Waals surface area contributed by atoms with Crippen molar-refractivity contribution in [2.45, 2.75) is 53.1 Å². The molecule has 1 aromatic heterocycles. The normalized spacial score (nSPS) is 16.7. The average Bonchev–Trinajstić information content (AvgIpc) is 3.17. The number of hydrogen-bond acceptors (Lipinski definition) is 2. The molecule has 1 aliphatic rings. The van der Waals surface area contributed by atoms with Crippen molar-refractivity contribution < 1.29 is 4.79 Å². The van der Waals surface area contributed by atoms with Gasteiger partial charge < -0.3 is 5.32 Å². The second-order valence-corrected chi connectivity index (χ2v) is 6.69. The molecule has 1 amide bonds. The third-order valence-corrected chi connectivity index (χ3v) is 4.15. The molecular formula is C16H24ClN3O. The van der Waals surface area contributed by atoms with E-state index in [2.05, 4.69) is 31.2 Å². The lowest BCUT2D eigenvalue weighted by Gasteiger charge is -2.10. The smallest absolute Gasteiger partial charge is 0.244 e. The topological polar surface area (TPSA) is 46.9 Å². The van der Waals surface area contributed by atoms with E-state index in [9.17, 15) is 4.79 Å². The van der Waals surface area contributed by atoms with Crippen molar-refractivity contribution >= 4 is 23.6 Å². The van der Waals surface area contributed by atoms with Crippen LogP contribution in [0.5, 0.6) is 0 Å². The van der Waals surface area contributed by atoms with Crippen molar-refractivity contribution in [2.75, 3.05) is 0 Å². The molecule has 4 nitrogen and oxygen atoms in total. The molecule has 1 saturated carbocycles. The number of carbonyl (C=O) groups is 1. The van der Waals surface area contributed by atoms with Gasteiger partial charge in [-0.15, -0.1) is 0 Å². The van der Waals surface area contributed by atoms with Gasteiger partial charge in [0.2, 0.25) is 5.91 Å². The maximum atomic E-state index is 11.9. The highest BCUT2D eigenvalue weighted by Gasteiger charge is 2.28. The van der Waals surface area contributed by atoms with Crippen molar-refractivity contribution in [1.29, 1.82) is 0 Å². The number of rotatable bonds is 6. The lowest BCUT2D eigenvalue weighted by molar-refractivity contribution is -0.117. The Kier molecular flexibility index (Phi) is 5.09. The van der Waals surface area contributed by atoms with Crippen molar-refractivity contribution in [2.24, 2.45) is 11.8 Å². The Balaban J connectivity index is 2.02. The van der Waals surface area contributed by atoms with Crippen molar-refractivity contribution in [3.63, 3.8) is 0 Å². The summed E-state index contributed by atoms with van der Waals surface area (Å²) < 4.78 is 1.80. The van der Waals surface area contributed by atoms with Gasteiger partial charge in [-0.05, 0) is 44.6 Å². The summed E-state index contributed by atoms with van der Waals surface area (Å²) in [6, 6.07) is 0.252. The second kappa shape index (κ2) is 6.65. The standard InChI is InChI=1S/C16H24ClN3O/c1-10(2)9-20-16(17)14(12(4)19-20)7-8-15(21)18-11(3)13-5-6-13/h7-8,10-11,13H,5-6,9H2,1-4H3,(H,18,21)/b8-7+. The van der Waals surface area contributed by atoms with Crippen molar-refractivity contribution in [1.82, 2.24) is 15.1 Å². The molecule has 0 aliphatic heterocycles. The summed E-state index contributed by atoms with van der Waals surface area (Å²) in [5.74, 6) is 1.06. The largest absolute Gasteiger partial charge is 0.350 e. The van der Waals surface area contributed by atoms with Crippen LogP contribution in [-0.4, -0.2) is 21.7 Å². The van der Waals surface area contributed by atoms with Crippen molar-refractivity contribution in [3.05, 3.63) is 22.5 Å². The highest BCUT2D eigenvalue weighted by molar-refractivity contribution is 6.31. The second-order valence-electron chi connectivity index (χ2n) is 6.33. The number of nitrogens with zero attached hydrogens (tertiary/aromatic N) is 2. The Hall–Kier alpha value is -1.29. The van der Waals surface area contributed by atoms with E-state index in [1.54, 1.807) is 16.8 Å². The Morgan fingerprint density at radius 2 is 2.14 bits per heavy atom. The first kappa shape index (κ1) is 16.1. The fourth-order valence-electron chi connectivity index (χ4n) is 2.37. The van der Waals surface area contributed by atoms with Crippen LogP contribution < -0.4 is 5.32 Å². The van der Waals surface area contributed by atoms with Crippen LogP contribution in [0, 0.1) is 18.8 Å². The Morgan fingerprint density at radius 3 is 2.71 bits per heavy atom. The zero-order chi connectivity index (χ0) is 15.6. The van der Waals surface area contributed by atoms with Gasteiger partial charge in [-0.2, -0.15) is 5.10 Å². The number of aromatic nitrogens is 2. The van der Waals surface area contributed by atoms with Gasteiger partial charge in [-0.3, -0.25) is 9.48 Å². The zero-order valence-corrected chi connectivity index (χ0v) is 13.9. The number of hydrogen-bond donors (Lipinski definition) is 1. The van der Waals surface area contributed by atoms with Gasteiger partial charge in [0.15, 0.2) is 0 Å². The molecule has 0 bridgehead atoms. The first-order valence-electron chi connectivity index (χ1n) is 7.60. The van der Waals surface area contributed by atoms with Crippen LogP contribution in [-0.2, 0) is 11.3 Å². The molecular weight excluding hydrogens is 286 g/mol. The van der Waals surface area contributed by atoms with Gasteiger partial charge in [-0.25, -0.2) is 0 Å². The number of halogens is 1. The van der Waals surface area contributed by atoms with Gasteiger partial charge in [-0.1, -0.05) is 25.4 Å². The van der Waals surface area contributed by atoms with Crippen molar-refractivity contribution in [3.8, 4) is 0 Å². The van der Waals surface area contributed by atoms with Crippen LogP contribution in [0.4, 0.5) is 0 Å². The molecule has 1 heterocycles. The minimum atomic E-state index is -0.0681. The summed E-state index contributed by atoms with van der Waals surface area (Å²) in [6.45, 7) is 8.99. The molecule has 116 valence electrons. The molecule has 0 radical (unpaired) electrons. The van der Waals surface area contributed by atoms with Gasteiger partial charge in [0.1, 0.15) is 5.15 Å². The molecule has 1 aromatic rings. The van der Waals surface area contributed by atoms with E-state index < -0.39 is 0 Å². The molecule has 21 heavy (non-hydrogen) atoms. The molecule has 5 heteroatoms. The maximum Gasteiger partial charge on any atom is 0.244 e. The first-order chi connectivity index (χ1) is 9.88. The molecule has 1 N–H and O–H groups in total. The summed E-state index contributed by atoms with van der Waals surface area (Å²) in [5.41, 5.74) is 1.67. The molecule has 0 saturated heterocycles. The SMILES string of the molecule is Cc1nn(CC(C)C)c(Cl)c1/C=C/C(=O)NC(C)C1CC1. The molecule has 2 rings (SSSR count). The molecule has 1 fully saturated rings. The molecule has 1 aliphatic carbocycles. The highest BCUT2D eigenvalue weighted by Crippen LogP contribution is 2.32. The Labute approximate surface area is 131 Å². The van der Waals surface area contributed by atoms with E-state index in [0.717, 1.165) is 17.8 Å². The summed E-state index contributed by atoms with van der Waals surface area (Å²) >= 11 is 6.34. The average molecular weight is 310 g/mol. The van der Waals surface area contributed by atoms with E-state index in [0.29, 0.717) is 17.0 Å². The van der Waals surface area contributed by atoms with Gasteiger partial charge in [0, 0.05) is 24.2 Å². The molecule has 1 atom stereocenters.